The molecule has 1 aliphatic carbocycles. The van der Waals surface area contributed by atoms with Gasteiger partial charge < -0.3 is 5.11 Å². The summed E-state index contributed by atoms with van der Waals surface area (Å²) >= 11 is 3.53. The number of hydrogen-bond acceptors (Lipinski definition) is 1. The normalized spacial score (nSPS) is 31.2. The van der Waals surface area contributed by atoms with E-state index in [0.29, 0.717) is 5.92 Å². The second-order valence-corrected chi connectivity index (χ2v) is 6.50. The minimum Gasteiger partial charge on any atom is -0.388 e. The van der Waals surface area contributed by atoms with Crippen LogP contribution in [0.3, 0.4) is 0 Å². The molecule has 1 aromatic rings. The molecule has 1 aromatic carbocycles. The fraction of sp³-hybridized carbons (Fsp3) is 0.600. The highest BCUT2D eigenvalue weighted by atomic mass is 79.9. The van der Waals surface area contributed by atoms with Gasteiger partial charge in [0, 0.05) is 4.47 Å². The first-order valence-electron chi connectivity index (χ1n) is 6.50. The molecule has 0 saturated heterocycles. The summed E-state index contributed by atoms with van der Waals surface area (Å²) in [4.78, 5) is 0. The van der Waals surface area contributed by atoms with Crippen molar-refractivity contribution in [1.29, 1.82) is 0 Å². The van der Waals surface area contributed by atoms with Crippen molar-refractivity contribution in [1.82, 2.24) is 0 Å². The molecule has 0 amide bonds. The SMILES string of the molecule is CC1CC(C)CC(C(O)c2ccccc2Br)C1. The van der Waals surface area contributed by atoms with E-state index < -0.39 is 0 Å². The largest absolute Gasteiger partial charge is 0.388 e. The summed E-state index contributed by atoms with van der Waals surface area (Å²) in [6.45, 7) is 4.60. The van der Waals surface area contributed by atoms with Crippen LogP contribution in [0.15, 0.2) is 28.7 Å². The van der Waals surface area contributed by atoms with Crippen LogP contribution in [0.5, 0.6) is 0 Å². The van der Waals surface area contributed by atoms with Gasteiger partial charge in [0.2, 0.25) is 0 Å². The van der Waals surface area contributed by atoms with Crippen LogP contribution in [0.25, 0.3) is 0 Å². The van der Waals surface area contributed by atoms with Gasteiger partial charge >= 0.3 is 0 Å². The maximum absolute atomic E-state index is 10.5. The van der Waals surface area contributed by atoms with E-state index in [0.717, 1.165) is 34.7 Å². The third-order valence-electron chi connectivity index (χ3n) is 3.89. The third-order valence-corrected chi connectivity index (χ3v) is 4.61. The summed E-state index contributed by atoms with van der Waals surface area (Å²) in [5, 5.41) is 10.5. The molecule has 1 N–H and O–H groups in total. The van der Waals surface area contributed by atoms with Gasteiger partial charge in [0.25, 0.3) is 0 Å². The molecule has 94 valence electrons. The van der Waals surface area contributed by atoms with Crippen LogP contribution in [-0.2, 0) is 0 Å². The first-order valence-corrected chi connectivity index (χ1v) is 7.29. The van der Waals surface area contributed by atoms with Gasteiger partial charge in [-0.2, -0.15) is 0 Å². The monoisotopic (exact) mass is 296 g/mol. The number of benzene rings is 1. The van der Waals surface area contributed by atoms with Crippen molar-refractivity contribution < 1.29 is 5.11 Å². The molecule has 1 nitrogen and oxygen atoms in total. The van der Waals surface area contributed by atoms with Crippen molar-refractivity contribution in [2.45, 2.75) is 39.2 Å². The molecule has 1 saturated carbocycles. The molecule has 0 bridgehead atoms. The molecule has 1 aliphatic rings. The van der Waals surface area contributed by atoms with Crippen LogP contribution in [0.4, 0.5) is 0 Å². The van der Waals surface area contributed by atoms with Gasteiger partial charge in [0.05, 0.1) is 6.10 Å². The lowest BCUT2D eigenvalue weighted by molar-refractivity contribution is 0.0547. The van der Waals surface area contributed by atoms with Crippen molar-refractivity contribution in [3.63, 3.8) is 0 Å². The van der Waals surface area contributed by atoms with Gasteiger partial charge in [0.1, 0.15) is 0 Å². The average molecular weight is 297 g/mol. The van der Waals surface area contributed by atoms with E-state index in [4.69, 9.17) is 0 Å². The zero-order valence-electron chi connectivity index (χ0n) is 10.6. The fourth-order valence-electron chi connectivity index (χ4n) is 3.24. The zero-order chi connectivity index (χ0) is 12.4. The number of hydrogen-bond donors (Lipinski definition) is 1. The predicted molar refractivity (Wildman–Crippen MR) is 74.8 cm³/mol. The van der Waals surface area contributed by atoms with Crippen LogP contribution < -0.4 is 0 Å². The van der Waals surface area contributed by atoms with Gasteiger partial charge in [-0.05, 0) is 48.6 Å². The van der Waals surface area contributed by atoms with Crippen molar-refractivity contribution in [2.75, 3.05) is 0 Å². The number of halogens is 1. The maximum atomic E-state index is 10.5. The molecular weight excluding hydrogens is 276 g/mol. The summed E-state index contributed by atoms with van der Waals surface area (Å²) in [6.07, 6.45) is 3.27. The minimum absolute atomic E-state index is 0.323. The highest BCUT2D eigenvalue weighted by Gasteiger charge is 2.30. The van der Waals surface area contributed by atoms with E-state index in [1.807, 2.05) is 24.3 Å². The first-order chi connectivity index (χ1) is 8.08. The van der Waals surface area contributed by atoms with Crippen molar-refractivity contribution in [3.05, 3.63) is 34.3 Å². The van der Waals surface area contributed by atoms with E-state index in [2.05, 4.69) is 29.8 Å². The summed E-state index contributed by atoms with van der Waals surface area (Å²) in [5.41, 5.74) is 1.04. The second-order valence-electron chi connectivity index (χ2n) is 5.64. The molecule has 2 heteroatoms. The molecule has 17 heavy (non-hydrogen) atoms. The first kappa shape index (κ1) is 13.1. The molecule has 0 spiro atoms. The van der Waals surface area contributed by atoms with E-state index >= 15 is 0 Å². The molecule has 3 unspecified atom stereocenters. The summed E-state index contributed by atoms with van der Waals surface area (Å²) in [7, 11) is 0. The lowest BCUT2D eigenvalue weighted by Gasteiger charge is -2.34. The van der Waals surface area contributed by atoms with Crippen LogP contribution in [0, 0.1) is 17.8 Å². The Kier molecular flexibility index (Phi) is 4.26. The van der Waals surface area contributed by atoms with Crippen LogP contribution in [0.2, 0.25) is 0 Å². The molecule has 2 rings (SSSR count). The van der Waals surface area contributed by atoms with Gasteiger partial charge in [-0.3, -0.25) is 0 Å². The Morgan fingerprint density at radius 3 is 2.29 bits per heavy atom. The molecule has 0 aromatic heterocycles. The van der Waals surface area contributed by atoms with Crippen LogP contribution in [0.1, 0.15) is 44.8 Å². The predicted octanol–water partition coefficient (Wildman–Crippen LogP) is 4.55. The minimum atomic E-state index is -0.323. The number of aliphatic hydroxyl groups is 1. The highest BCUT2D eigenvalue weighted by molar-refractivity contribution is 9.10. The molecular formula is C15H21BrO. The molecule has 3 atom stereocenters. The van der Waals surface area contributed by atoms with E-state index in [1.54, 1.807) is 0 Å². The summed E-state index contributed by atoms with van der Waals surface area (Å²) < 4.78 is 1.03. The van der Waals surface area contributed by atoms with Gasteiger partial charge in [-0.1, -0.05) is 48.0 Å². The van der Waals surface area contributed by atoms with Crippen molar-refractivity contribution >= 4 is 15.9 Å². The maximum Gasteiger partial charge on any atom is 0.0829 e. The van der Waals surface area contributed by atoms with Crippen molar-refractivity contribution in [3.8, 4) is 0 Å². The zero-order valence-corrected chi connectivity index (χ0v) is 12.2. The molecule has 0 heterocycles. The third kappa shape index (κ3) is 3.11. The Bertz CT molecular complexity index is 367. The summed E-state index contributed by atoms with van der Waals surface area (Å²) in [6, 6.07) is 8.03. The Morgan fingerprint density at radius 2 is 1.71 bits per heavy atom. The van der Waals surface area contributed by atoms with Crippen LogP contribution >= 0.6 is 15.9 Å². The Balaban J connectivity index is 2.14. The Labute approximate surface area is 112 Å². The van der Waals surface area contributed by atoms with E-state index in [9.17, 15) is 5.11 Å². The van der Waals surface area contributed by atoms with Crippen molar-refractivity contribution in [2.24, 2.45) is 17.8 Å². The standard InChI is InChI=1S/C15H21BrO/c1-10-7-11(2)9-12(8-10)15(17)13-5-3-4-6-14(13)16/h3-6,10-12,15,17H,7-9H2,1-2H3. The number of rotatable bonds is 2. The molecule has 1 fully saturated rings. The van der Waals surface area contributed by atoms with Gasteiger partial charge in [-0.15, -0.1) is 0 Å². The number of aliphatic hydroxyl groups excluding tert-OH is 1. The molecule has 0 radical (unpaired) electrons. The second kappa shape index (κ2) is 5.53. The average Bonchev–Trinajstić information content (AvgIpc) is 2.27. The lowest BCUT2D eigenvalue weighted by Crippen LogP contribution is -2.24. The topological polar surface area (TPSA) is 20.2 Å². The Morgan fingerprint density at radius 1 is 1.12 bits per heavy atom. The van der Waals surface area contributed by atoms with E-state index in [-0.39, 0.29) is 6.10 Å². The highest BCUT2D eigenvalue weighted by Crippen LogP contribution is 2.41. The molecule has 0 aliphatic heterocycles. The Hall–Kier alpha value is -0.340. The van der Waals surface area contributed by atoms with Gasteiger partial charge in [-0.25, -0.2) is 0 Å². The fourth-order valence-corrected chi connectivity index (χ4v) is 3.76. The van der Waals surface area contributed by atoms with Crippen LogP contribution in [-0.4, -0.2) is 5.11 Å². The lowest BCUT2D eigenvalue weighted by atomic mass is 9.73. The smallest absolute Gasteiger partial charge is 0.0829 e. The van der Waals surface area contributed by atoms with E-state index in [1.165, 1.54) is 6.42 Å². The van der Waals surface area contributed by atoms with Gasteiger partial charge in [0.15, 0.2) is 0 Å². The summed E-state index contributed by atoms with van der Waals surface area (Å²) in [5.74, 6) is 1.88. The quantitative estimate of drug-likeness (QED) is 0.848.